The Hall–Kier alpha value is -0.740. The van der Waals surface area contributed by atoms with Gasteiger partial charge < -0.3 is 15.5 Å². The van der Waals surface area contributed by atoms with Crippen LogP contribution in [0.2, 0.25) is 0 Å². The van der Waals surface area contributed by atoms with Gasteiger partial charge in [0, 0.05) is 51.7 Å². The maximum absolute atomic E-state index is 3.50. The van der Waals surface area contributed by atoms with Crippen molar-refractivity contribution in [3.8, 4) is 0 Å². The van der Waals surface area contributed by atoms with Crippen molar-refractivity contribution in [3.05, 3.63) is 11.9 Å². The third-order valence-corrected chi connectivity index (χ3v) is 3.79. The van der Waals surface area contributed by atoms with Crippen molar-refractivity contribution in [2.45, 2.75) is 32.4 Å². The topological polar surface area (TPSA) is 30.5 Å². The minimum Gasteiger partial charge on any atom is -0.370 e. The fourth-order valence-corrected chi connectivity index (χ4v) is 2.54. The summed E-state index contributed by atoms with van der Waals surface area (Å²) >= 11 is 0. The molecule has 17 heavy (non-hydrogen) atoms. The van der Waals surface area contributed by atoms with E-state index in [0.29, 0.717) is 6.17 Å². The monoisotopic (exact) mass is 238 g/mol. The smallest absolute Gasteiger partial charge is 0.0981 e. The lowest BCUT2D eigenvalue weighted by atomic mass is 10.2. The Morgan fingerprint density at radius 3 is 2.82 bits per heavy atom. The van der Waals surface area contributed by atoms with Crippen LogP contribution in [-0.2, 0) is 0 Å². The molecule has 0 bridgehead atoms. The van der Waals surface area contributed by atoms with Crippen LogP contribution in [0.15, 0.2) is 11.9 Å². The molecule has 2 heterocycles. The summed E-state index contributed by atoms with van der Waals surface area (Å²) in [6.07, 6.45) is 6.56. The van der Waals surface area contributed by atoms with Crippen LogP contribution in [0.4, 0.5) is 0 Å². The van der Waals surface area contributed by atoms with Crippen LogP contribution in [-0.4, -0.2) is 55.7 Å². The first kappa shape index (κ1) is 12.7. The van der Waals surface area contributed by atoms with E-state index in [1.807, 2.05) is 0 Å². The van der Waals surface area contributed by atoms with E-state index < -0.39 is 0 Å². The van der Waals surface area contributed by atoms with E-state index in [1.54, 1.807) is 0 Å². The number of nitrogens with zero attached hydrogens (tertiary/aromatic N) is 2. The van der Waals surface area contributed by atoms with E-state index in [2.05, 4.69) is 40.6 Å². The lowest BCUT2D eigenvalue weighted by Gasteiger charge is -2.31. The van der Waals surface area contributed by atoms with Gasteiger partial charge in [0.05, 0.1) is 6.17 Å². The van der Waals surface area contributed by atoms with Gasteiger partial charge in [0.15, 0.2) is 0 Å². The molecule has 1 fully saturated rings. The second kappa shape index (κ2) is 6.26. The maximum Gasteiger partial charge on any atom is 0.0981 e. The van der Waals surface area contributed by atoms with Gasteiger partial charge in [-0.25, -0.2) is 0 Å². The highest BCUT2D eigenvalue weighted by atomic mass is 15.3. The highest BCUT2D eigenvalue weighted by Gasteiger charge is 2.23. The van der Waals surface area contributed by atoms with Crippen molar-refractivity contribution in [1.82, 2.24) is 20.4 Å². The molecule has 0 radical (unpaired) electrons. The van der Waals surface area contributed by atoms with E-state index in [4.69, 9.17) is 0 Å². The molecular weight excluding hydrogens is 212 g/mol. The SMILES string of the molecule is CCCCC1NC=C(CN2CCNCC2)N1C. The molecule has 0 aromatic heterocycles. The summed E-state index contributed by atoms with van der Waals surface area (Å²) in [7, 11) is 2.22. The zero-order valence-corrected chi connectivity index (χ0v) is 11.2. The van der Waals surface area contributed by atoms with Gasteiger partial charge in [-0.05, 0) is 12.8 Å². The minimum absolute atomic E-state index is 0.521. The summed E-state index contributed by atoms with van der Waals surface area (Å²) in [5, 5.41) is 6.90. The van der Waals surface area contributed by atoms with E-state index in [-0.39, 0.29) is 0 Å². The van der Waals surface area contributed by atoms with Crippen molar-refractivity contribution < 1.29 is 0 Å². The average molecular weight is 238 g/mol. The lowest BCUT2D eigenvalue weighted by molar-refractivity contribution is 0.219. The highest BCUT2D eigenvalue weighted by Crippen LogP contribution is 2.17. The number of nitrogens with one attached hydrogen (secondary N) is 2. The van der Waals surface area contributed by atoms with Gasteiger partial charge in [0.1, 0.15) is 0 Å². The third kappa shape index (κ3) is 3.36. The summed E-state index contributed by atoms with van der Waals surface area (Å²) in [6, 6.07) is 0. The number of piperazine rings is 1. The molecule has 2 N–H and O–H groups in total. The van der Waals surface area contributed by atoms with Crippen LogP contribution < -0.4 is 10.6 Å². The van der Waals surface area contributed by atoms with Gasteiger partial charge in [-0.15, -0.1) is 0 Å². The van der Waals surface area contributed by atoms with Gasteiger partial charge in [-0.1, -0.05) is 13.3 Å². The number of rotatable bonds is 5. The predicted molar refractivity (Wildman–Crippen MR) is 71.6 cm³/mol. The van der Waals surface area contributed by atoms with Crippen molar-refractivity contribution in [3.63, 3.8) is 0 Å². The quantitative estimate of drug-likeness (QED) is 0.741. The van der Waals surface area contributed by atoms with Crippen molar-refractivity contribution in [2.24, 2.45) is 0 Å². The van der Waals surface area contributed by atoms with Gasteiger partial charge >= 0.3 is 0 Å². The molecule has 0 amide bonds. The Bertz CT molecular complexity index is 258. The third-order valence-electron chi connectivity index (χ3n) is 3.79. The van der Waals surface area contributed by atoms with Crippen molar-refractivity contribution >= 4 is 0 Å². The van der Waals surface area contributed by atoms with Gasteiger partial charge in [-0.2, -0.15) is 0 Å². The Labute approximate surface area is 105 Å². The Kier molecular flexibility index (Phi) is 4.68. The molecule has 1 saturated heterocycles. The standard InChI is InChI=1S/C13H26N4/c1-3-4-5-13-15-10-12(16(13)2)11-17-8-6-14-7-9-17/h10,13-15H,3-9,11H2,1-2H3. The molecule has 0 spiro atoms. The maximum atomic E-state index is 3.50. The molecule has 98 valence electrons. The van der Waals surface area contributed by atoms with Crippen LogP contribution in [0.25, 0.3) is 0 Å². The lowest BCUT2D eigenvalue weighted by Crippen LogP contribution is -2.45. The summed E-state index contributed by atoms with van der Waals surface area (Å²) < 4.78 is 0. The van der Waals surface area contributed by atoms with Crippen LogP contribution in [0.3, 0.4) is 0 Å². The summed E-state index contributed by atoms with van der Waals surface area (Å²) in [4.78, 5) is 4.94. The minimum atomic E-state index is 0.521. The first-order chi connectivity index (χ1) is 8.31. The predicted octanol–water partition coefficient (Wildman–Crippen LogP) is 0.784. The van der Waals surface area contributed by atoms with E-state index >= 15 is 0 Å². The molecule has 4 heteroatoms. The molecule has 0 aromatic carbocycles. The molecule has 0 aromatic rings. The Balaban J connectivity index is 1.77. The molecule has 0 aliphatic carbocycles. The molecule has 0 saturated carbocycles. The molecule has 2 rings (SSSR count). The Morgan fingerprint density at radius 1 is 1.35 bits per heavy atom. The molecule has 4 nitrogen and oxygen atoms in total. The highest BCUT2D eigenvalue weighted by molar-refractivity contribution is 5.10. The fourth-order valence-electron chi connectivity index (χ4n) is 2.54. The summed E-state index contributed by atoms with van der Waals surface area (Å²) in [5.41, 5.74) is 1.44. The Morgan fingerprint density at radius 2 is 2.12 bits per heavy atom. The molecule has 1 atom stereocenters. The van der Waals surface area contributed by atoms with Gasteiger partial charge in [0.2, 0.25) is 0 Å². The summed E-state index contributed by atoms with van der Waals surface area (Å²) in [6.45, 7) is 7.95. The molecule has 1 unspecified atom stereocenters. The van der Waals surface area contributed by atoms with Gasteiger partial charge in [0.25, 0.3) is 0 Å². The second-order valence-electron chi connectivity index (χ2n) is 5.10. The van der Waals surface area contributed by atoms with E-state index in [1.165, 1.54) is 38.0 Å². The van der Waals surface area contributed by atoms with Crippen LogP contribution >= 0.6 is 0 Å². The number of likely N-dealkylation sites (N-methyl/N-ethyl adjacent to an activating group) is 1. The van der Waals surface area contributed by atoms with Crippen LogP contribution in [0.5, 0.6) is 0 Å². The van der Waals surface area contributed by atoms with Crippen LogP contribution in [0.1, 0.15) is 26.2 Å². The van der Waals surface area contributed by atoms with Gasteiger partial charge in [-0.3, -0.25) is 4.90 Å². The fraction of sp³-hybridized carbons (Fsp3) is 0.846. The first-order valence-electron chi connectivity index (χ1n) is 6.92. The van der Waals surface area contributed by atoms with E-state index in [0.717, 1.165) is 19.6 Å². The number of hydrogen-bond acceptors (Lipinski definition) is 4. The number of hydrogen-bond donors (Lipinski definition) is 2. The zero-order chi connectivity index (χ0) is 12.1. The van der Waals surface area contributed by atoms with Crippen LogP contribution in [0, 0.1) is 0 Å². The average Bonchev–Trinajstić information content (AvgIpc) is 2.70. The number of unbranched alkanes of at least 4 members (excludes halogenated alkanes) is 1. The summed E-state index contributed by atoms with van der Waals surface area (Å²) in [5.74, 6) is 0. The largest absolute Gasteiger partial charge is 0.370 e. The normalized spacial score (nSPS) is 25.9. The van der Waals surface area contributed by atoms with Crippen molar-refractivity contribution in [2.75, 3.05) is 39.8 Å². The molecule has 2 aliphatic heterocycles. The zero-order valence-electron chi connectivity index (χ0n) is 11.2. The molecule has 2 aliphatic rings. The van der Waals surface area contributed by atoms with Crippen molar-refractivity contribution in [1.29, 1.82) is 0 Å². The van der Waals surface area contributed by atoms with E-state index in [9.17, 15) is 0 Å². The first-order valence-corrected chi connectivity index (χ1v) is 6.92. The second-order valence-corrected chi connectivity index (χ2v) is 5.10. The molecular formula is C13H26N4.